The molecule has 0 spiro atoms. The minimum atomic E-state index is -1.06. The fourth-order valence-corrected chi connectivity index (χ4v) is 5.53. The average molecular weight is 363 g/mol. The van der Waals surface area contributed by atoms with Crippen LogP contribution in [0.4, 0.5) is 14.5 Å². The molecule has 4 aliphatic carbocycles. The summed E-state index contributed by atoms with van der Waals surface area (Å²) in [5.74, 6) is -0.566. The first-order chi connectivity index (χ1) is 12.3. The molecule has 0 aromatic heterocycles. The van der Waals surface area contributed by atoms with E-state index in [0.29, 0.717) is 17.8 Å². The Kier molecular flexibility index (Phi) is 4.24. The highest BCUT2D eigenvalue weighted by Crippen LogP contribution is 2.60. The molecule has 0 radical (unpaired) electrons. The number of carbonyl (C=O) groups is 2. The van der Waals surface area contributed by atoms with Crippen LogP contribution in [0.2, 0.25) is 0 Å². The number of hydrogen-bond acceptors (Lipinski definition) is 3. The maximum Gasteiger partial charge on any atom is 0.312 e. The van der Waals surface area contributed by atoms with E-state index in [1.165, 1.54) is 26.2 Å². The van der Waals surface area contributed by atoms with Crippen molar-refractivity contribution in [3.05, 3.63) is 29.8 Å². The van der Waals surface area contributed by atoms with Crippen LogP contribution in [0, 0.1) is 34.8 Å². The lowest BCUT2D eigenvalue weighted by Gasteiger charge is -2.55. The molecule has 1 atom stereocenters. The Hall–Kier alpha value is -1.98. The third kappa shape index (κ3) is 3.10. The summed E-state index contributed by atoms with van der Waals surface area (Å²) >= 11 is 0. The Bertz CT molecular complexity index is 713. The van der Waals surface area contributed by atoms with Crippen molar-refractivity contribution in [3.8, 4) is 0 Å². The summed E-state index contributed by atoms with van der Waals surface area (Å²) in [7, 11) is 0. The van der Waals surface area contributed by atoms with Gasteiger partial charge >= 0.3 is 5.97 Å². The van der Waals surface area contributed by atoms with Gasteiger partial charge in [0.2, 0.25) is 0 Å². The fourth-order valence-electron chi connectivity index (χ4n) is 5.53. The number of esters is 1. The van der Waals surface area contributed by atoms with Crippen LogP contribution in [0.5, 0.6) is 0 Å². The maximum absolute atomic E-state index is 13.7. The summed E-state index contributed by atoms with van der Waals surface area (Å²) in [6, 6.07) is 2.82. The summed E-state index contributed by atoms with van der Waals surface area (Å²) in [6.07, 6.45) is 5.13. The summed E-state index contributed by atoms with van der Waals surface area (Å²) in [4.78, 5) is 25.1. The van der Waals surface area contributed by atoms with Crippen LogP contribution in [0.1, 0.15) is 45.4 Å². The van der Waals surface area contributed by atoms with Crippen LogP contribution < -0.4 is 5.32 Å². The Balaban J connectivity index is 1.41. The molecule has 4 nitrogen and oxygen atoms in total. The van der Waals surface area contributed by atoms with Gasteiger partial charge in [0, 0.05) is 6.07 Å². The third-order valence-electron chi connectivity index (χ3n) is 6.31. The van der Waals surface area contributed by atoms with Crippen molar-refractivity contribution in [2.75, 3.05) is 5.32 Å². The van der Waals surface area contributed by atoms with Gasteiger partial charge < -0.3 is 10.1 Å². The van der Waals surface area contributed by atoms with Gasteiger partial charge in [-0.3, -0.25) is 9.59 Å². The number of halogens is 2. The fraction of sp³-hybridized carbons (Fsp3) is 0.600. The molecular formula is C20H23F2NO3. The molecule has 5 rings (SSSR count). The molecule has 26 heavy (non-hydrogen) atoms. The van der Waals surface area contributed by atoms with Crippen molar-refractivity contribution in [2.24, 2.45) is 23.2 Å². The normalized spacial score (nSPS) is 33.0. The standard InChI is InChI=1S/C20H23F2NO3/c1-11(18(24)23-17-7-15(21)2-3-16(17)22)26-19(25)20-8-12-4-13(9-20)6-14(5-12)10-20/h2-3,7,11-14H,4-6,8-10H2,1H3,(H,23,24). The first-order valence-electron chi connectivity index (χ1n) is 9.31. The predicted octanol–water partition coefficient (Wildman–Crippen LogP) is 4.05. The van der Waals surface area contributed by atoms with Crippen LogP contribution in [-0.2, 0) is 14.3 Å². The molecule has 140 valence electrons. The molecule has 4 aliphatic rings. The highest BCUT2D eigenvalue weighted by molar-refractivity contribution is 5.95. The van der Waals surface area contributed by atoms with Gasteiger partial charge in [0.1, 0.15) is 11.6 Å². The molecule has 0 saturated heterocycles. The summed E-state index contributed by atoms with van der Waals surface area (Å²) < 4.78 is 32.4. The summed E-state index contributed by atoms with van der Waals surface area (Å²) in [5.41, 5.74) is -0.708. The van der Waals surface area contributed by atoms with E-state index >= 15 is 0 Å². The number of anilines is 1. The number of hydrogen-bond donors (Lipinski definition) is 1. The molecule has 0 heterocycles. The van der Waals surface area contributed by atoms with Gasteiger partial charge in [-0.15, -0.1) is 0 Å². The van der Waals surface area contributed by atoms with Crippen molar-refractivity contribution in [3.63, 3.8) is 0 Å². The van der Waals surface area contributed by atoms with Gasteiger partial charge in [-0.2, -0.15) is 0 Å². The van der Waals surface area contributed by atoms with E-state index in [1.54, 1.807) is 0 Å². The lowest BCUT2D eigenvalue weighted by atomic mass is 9.49. The van der Waals surface area contributed by atoms with Gasteiger partial charge in [-0.1, -0.05) is 0 Å². The molecular weight excluding hydrogens is 340 g/mol. The largest absolute Gasteiger partial charge is 0.452 e. The molecule has 1 amide bonds. The SMILES string of the molecule is CC(OC(=O)C12CC3CC(CC(C3)C1)C2)C(=O)Nc1cc(F)ccc1F. The maximum atomic E-state index is 13.7. The number of nitrogens with one attached hydrogen (secondary N) is 1. The van der Waals surface area contributed by atoms with E-state index in [9.17, 15) is 18.4 Å². The highest BCUT2D eigenvalue weighted by atomic mass is 19.1. The molecule has 0 aliphatic heterocycles. The van der Waals surface area contributed by atoms with Gasteiger partial charge in [-0.05, 0) is 75.3 Å². The lowest BCUT2D eigenvalue weighted by Crippen LogP contribution is -2.51. The minimum Gasteiger partial charge on any atom is -0.452 e. The van der Waals surface area contributed by atoms with E-state index in [2.05, 4.69) is 5.32 Å². The van der Waals surface area contributed by atoms with Crippen molar-refractivity contribution in [1.82, 2.24) is 0 Å². The first kappa shape index (κ1) is 17.4. The van der Waals surface area contributed by atoms with Crippen LogP contribution in [-0.4, -0.2) is 18.0 Å². The van der Waals surface area contributed by atoms with E-state index in [0.717, 1.165) is 37.5 Å². The van der Waals surface area contributed by atoms with E-state index < -0.39 is 29.1 Å². The quantitative estimate of drug-likeness (QED) is 0.821. The summed E-state index contributed by atoms with van der Waals surface area (Å²) in [6.45, 7) is 1.46. The molecule has 1 unspecified atom stereocenters. The van der Waals surface area contributed by atoms with Crippen molar-refractivity contribution in [2.45, 2.75) is 51.6 Å². The van der Waals surface area contributed by atoms with Gasteiger partial charge in [-0.25, -0.2) is 8.78 Å². The molecule has 4 bridgehead atoms. The number of amides is 1. The molecule has 1 N–H and O–H groups in total. The number of ether oxygens (including phenoxy) is 1. The Morgan fingerprint density at radius 3 is 2.27 bits per heavy atom. The van der Waals surface area contributed by atoms with Gasteiger partial charge in [0.25, 0.3) is 5.91 Å². The second-order valence-corrected chi connectivity index (χ2v) is 8.36. The summed E-state index contributed by atoms with van der Waals surface area (Å²) in [5, 5.41) is 2.30. The van der Waals surface area contributed by atoms with Crippen LogP contribution in [0.25, 0.3) is 0 Å². The topological polar surface area (TPSA) is 55.4 Å². The van der Waals surface area contributed by atoms with Crippen LogP contribution in [0.3, 0.4) is 0 Å². The van der Waals surface area contributed by atoms with Crippen molar-refractivity contribution >= 4 is 17.6 Å². The number of carbonyl (C=O) groups excluding carboxylic acids is 2. The van der Waals surface area contributed by atoms with Crippen LogP contribution >= 0.6 is 0 Å². The number of benzene rings is 1. The molecule has 1 aromatic carbocycles. The minimum absolute atomic E-state index is 0.257. The highest BCUT2D eigenvalue weighted by Gasteiger charge is 2.55. The zero-order valence-corrected chi connectivity index (χ0v) is 14.8. The van der Waals surface area contributed by atoms with Gasteiger partial charge in [0.05, 0.1) is 11.1 Å². The van der Waals surface area contributed by atoms with Crippen LogP contribution in [0.15, 0.2) is 18.2 Å². The Labute approximate surface area is 151 Å². The zero-order chi connectivity index (χ0) is 18.5. The lowest BCUT2D eigenvalue weighted by molar-refractivity contribution is -0.177. The predicted molar refractivity (Wildman–Crippen MR) is 91.1 cm³/mol. The molecule has 1 aromatic rings. The Morgan fingerprint density at radius 1 is 1.12 bits per heavy atom. The van der Waals surface area contributed by atoms with Gasteiger partial charge in [0.15, 0.2) is 6.10 Å². The van der Waals surface area contributed by atoms with E-state index in [1.807, 2.05) is 0 Å². The molecule has 6 heteroatoms. The zero-order valence-electron chi connectivity index (χ0n) is 14.8. The first-order valence-corrected chi connectivity index (χ1v) is 9.31. The van der Waals surface area contributed by atoms with Crippen molar-refractivity contribution < 1.29 is 23.1 Å². The van der Waals surface area contributed by atoms with Crippen molar-refractivity contribution in [1.29, 1.82) is 0 Å². The van der Waals surface area contributed by atoms with E-state index in [-0.39, 0.29) is 11.7 Å². The van der Waals surface area contributed by atoms with E-state index in [4.69, 9.17) is 4.74 Å². The molecule has 4 saturated carbocycles. The molecule has 4 fully saturated rings. The second-order valence-electron chi connectivity index (χ2n) is 8.36. The smallest absolute Gasteiger partial charge is 0.312 e. The second kappa shape index (κ2) is 6.32. The number of rotatable bonds is 4. The third-order valence-corrected chi connectivity index (χ3v) is 6.31. The average Bonchev–Trinajstić information content (AvgIpc) is 2.56. The monoisotopic (exact) mass is 363 g/mol. The Morgan fingerprint density at radius 2 is 1.69 bits per heavy atom.